The Morgan fingerprint density at radius 3 is 2.25 bits per heavy atom. The van der Waals surface area contributed by atoms with Crippen LogP contribution in [0.2, 0.25) is 0 Å². The molecule has 0 radical (unpaired) electrons. The van der Waals surface area contributed by atoms with E-state index in [4.69, 9.17) is 0 Å². The van der Waals surface area contributed by atoms with Crippen LogP contribution in [0.3, 0.4) is 0 Å². The molecule has 0 nitrogen and oxygen atoms in total. The first-order valence-corrected chi connectivity index (χ1v) is 9.41. The minimum absolute atomic E-state index is 0.543. The molecule has 1 saturated carbocycles. The molecule has 1 aromatic carbocycles. The first kappa shape index (κ1) is 16.1. The Labute approximate surface area is 133 Å². The number of aryl methyl sites for hydroxylation is 2. The van der Waals surface area contributed by atoms with Gasteiger partial charge in [0.25, 0.3) is 0 Å². The number of halogens is 1. The van der Waals surface area contributed by atoms with Gasteiger partial charge in [-0.1, -0.05) is 86.5 Å². The molecule has 1 unspecified atom stereocenters. The zero-order valence-electron chi connectivity index (χ0n) is 13.1. The SMILES string of the molecule is CCc1ccc(C(Br)CC2CCCCCC2)cc1CC. The molecule has 1 atom stereocenters. The smallest absolute Gasteiger partial charge is 0.0398 e. The fourth-order valence-corrected chi connectivity index (χ4v) is 4.36. The van der Waals surface area contributed by atoms with E-state index >= 15 is 0 Å². The molecule has 0 saturated heterocycles. The van der Waals surface area contributed by atoms with Crippen molar-refractivity contribution in [2.24, 2.45) is 5.92 Å². The van der Waals surface area contributed by atoms with E-state index < -0.39 is 0 Å². The molecule has 0 spiro atoms. The van der Waals surface area contributed by atoms with Crippen LogP contribution in [0, 0.1) is 5.92 Å². The van der Waals surface area contributed by atoms with Gasteiger partial charge in [-0.15, -0.1) is 0 Å². The Morgan fingerprint density at radius 2 is 1.65 bits per heavy atom. The number of rotatable bonds is 5. The monoisotopic (exact) mass is 336 g/mol. The molecule has 20 heavy (non-hydrogen) atoms. The number of alkyl halides is 1. The molecule has 112 valence electrons. The average molecular weight is 337 g/mol. The van der Waals surface area contributed by atoms with Crippen molar-refractivity contribution in [3.8, 4) is 0 Å². The molecule has 0 amide bonds. The lowest BCUT2D eigenvalue weighted by Gasteiger charge is -2.19. The van der Waals surface area contributed by atoms with Gasteiger partial charge >= 0.3 is 0 Å². The highest BCUT2D eigenvalue weighted by molar-refractivity contribution is 9.09. The van der Waals surface area contributed by atoms with Crippen molar-refractivity contribution in [2.75, 3.05) is 0 Å². The molecule has 1 fully saturated rings. The Hall–Kier alpha value is -0.300. The van der Waals surface area contributed by atoms with E-state index in [9.17, 15) is 0 Å². The van der Waals surface area contributed by atoms with Crippen LogP contribution in [0.4, 0.5) is 0 Å². The second-order valence-electron chi connectivity index (χ2n) is 6.30. The van der Waals surface area contributed by atoms with Crippen molar-refractivity contribution < 1.29 is 0 Å². The van der Waals surface area contributed by atoms with Crippen LogP contribution in [0.5, 0.6) is 0 Å². The molecular formula is C19H29Br. The minimum Gasteiger partial charge on any atom is -0.0839 e. The minimum atomic E-state index is 0.543. The zero-order chi connectivity index (χ0) is 14.4. The van der Waals surface area contributed by atoms with E-state index in [0.717, 1.165) is 18.8 Å². The Bertz CT molecular complexity index is 402. The van der Waals surface area contributed by atoms with Crippen molar-refractivity contribution in [3.05, 3.63) is 34.9 Å². The summed E-state index contributed by atoms with van der Waals surface area (Å²) in [5.41, 5.74) is 4.55. The quantitative estimate of drug-likeness (QED) is 0.419. The van der Waals surface area contributed by atoms with E-state index in [1.54, 1.807) is 0 Å². The maximum Gasteiger partial charge on any atom is 0.0398 e. The van der Waals surface area contributed by atoms with Crippen LogP contribution in [0.15, 0.2) is 18.2 Å². The molecule has 0 aromatic heterocycles. The average Bonchev–Trinajstić information content (AvgIpc) is 2.75. The molecule has 1 aliphatic rings. The largest absolute Gasteiger partial charge is 0.0839 e. The topological polar surface area (TPSA) is 0 Å². The van der Waals surface area contributed by atoms with Gasteiger partial charge < -0.3 is 0 Å². The Balaban J connectivity index is 2.02. The maximum atomic E-state index is 3.96. The molecule has 1 heteroatoms. The van der Waals surface area contributed by atoms with Gasteiger partial charge in [-0.25, -0.2) is 0 Å². The van der Waals surface area contributed by atoms with E-state index in [0.29, 0.717) is 4.83 Å². The van der Waals surface area contributed by atoms with Gasteiger partial charge in [0.15, 0.2) is 0 Å². The second kappa shape index (κ2) is 8.22. The van der Waals surface area contributed by atoms with Gasteiger partial charge in [0.05, 0.1) is 0 Å². The first-order valence-electron chi connectivity index (χ1n) is 8.50. The first-order chi connectivity index (χ1) is 9.74. The summed E-state index contributed by atoms with van der Waals surface area (Å²) in [6, 6.07) is 7.12. The van der Waals surface area contributed by atoms with Crippen molar-refractivity contribution in [1.82, 2.24) is 0 Å². The van der Waals surface area contributed by atoms with Gasteiger partial charge in [0.2, 0.25) is 0 Å². The third kappa shape index (κ3) is 4.35. The summed E-state index contributed by atoms with van der Waals surface area (Å²) in [4.78, 5) is 0.543. The summed E-state index contributed by atoms with van der Waals surface area (Å²) in [6.45, 7) is 4.53. The van der Waals surface area contributed by atoms with E-state index in [1.165, 1.54) is 61.6 Å². The van der Waals surface area contributed by atoms with Crippen LogP contribution in [-0.2, 0) is 12.8 Å². The third-order valence-corrected chi connectivity index (χ3v) is 5.77. The molecule has 0 bridgehead atoms. The summed E-state index contributed by atoms with van der Waals surface area (Å²) < 4.78 is 0. The third-order valence-electron chi connectivity index (χ3n) is 4.87. The van der Waals surface area contributed by atoms with E-state index in [2.05, 4.69) is 48.0 Å². The number of hydrogen-bond acceptors (Lipinski definition) is 0. The summed E-state index contributed by atoms with van der Waals surface area (Å²) in [5, 5.41) is 0. The molecule has 0 heterocycles. The second-order valence-corrected chi connectivity index (χ2v) is 7.40. The van der Waals surface area contributed by atoms with Gasteiger partial charge in [0, 0.05) is 4.83 Å². The lowest BCUT2D eigenvalue weighted by Crippen LogP contribution is -2.04. The molecule has 1 aliphatic carbocycles. The van der Waals surface area contributed by atoms with Gasteiger partial charge in [0.1, 0.15) is 0 Å². The number of benzene rings is 1. The van der Waals surface area contributed by atoms with E-state index in [-0.39, 0.29) is 0 Å². The normalized spacial score (nSPS) is 18.8. The van der Waals surface area contributed by atoms with Crippen LogP contribution < -0.4 is 0 Å². The summed E-state index contributed by atoms with van der Waals surface area (Å²) in [6.07, 6.45) is 12.3. The van der Waals surface area contributed by atoms with E-state index in [1.807, 2.05) is 0 Å². The molecule has 2 rings (SSSR count). The van der Waals surface area contributed by atoms with Crippen LogP contribution in [0.1, 0.15) is 80.3 Å². The van der Waals surface area contributed by atoms with Crippen molar-refractivity contribution >= 4 is 15.9 Å². The number of hydrogen-bond donors (Lipinski definition) is 0. The molecular weight excluding hydrogens is 308 g/mol. The fourth-order valence-electron chi connectivity index (χ4n) is 3.54. The lowest BCUT2D eigenvalue weighted by molar-refractivity contribution is 0.427. The van der Waals surface area contributed by atoms with Gasteiger partial charge in [-0.2, -0.15) is 0 Å². The van der Waals surface area contributed by atoms with Crippen molar-refractivity contribution in [1.29, 1.82) is 0 Å². The molecule has 1 aromatic rings. The van der Waals surface area contributed by atoms with Crippen LogP contribution in [-0.4, -0.2) is 0 Å². The standard InChI is InChI=1S/C19H29Br/c1-3-16-11-12-18(14-17(16)4-2)19(20)13-15-9-7-5-6-8-10-15/h11-12,14-15,19H,3-10,13H2,1-2H3. The highest BCUT2D eigenvalue weighted by atomic mass is 79.9. The van der Waals surface area contributed by atoms with Crippen LogP contribution >= 0.6 is 15.9 Å². The highest BCUT2D eigenvalue weighted by Gasteiger charge is 2.18. The predicted octanol–water partition coefficient (Wildman–Crippen LogP) is 6.61. The zero-order valence-corrected chi connectivity index (χ0v) is 14.7. The van der Waals surface area contributed by atoms with Crippen molar-refractivity contribution in [3.63, 3.8) is 0 Å². The lowest BCUT2D eigenvalue weighted by atomic mass is 9.91. The Morgan fingerprint density at radius 1 is 1.00 bits per heavy atom. The Kier molecular flexibility index (Phi) is 6.61. The van der Waals surface area contributed by atoms with Crippen molar-refractivity contribution in [2.45, 2.75) is 76.5 Å². The fraction of sp³-hybridized carbons (Fsp3) is 0.684. The summed E-state index contributed by atoms with van der Waals surface area (Å²) in [7, 11) is 0. The highest BCUT2D eigenvalue weighted by Crippen LogP contribution is 2.36. The summed E-state index contributed by atoms with van der Waals surface area (Å²) >= 11 is 3.96. The molecule has 0 N–H and O–H groups in total. The maximum absolute atomic E-state index is 3.96. The summed E-state index contributed by atoms with van der Waals surface area (Å²) in [5.74, 6) is 0.929. The predicted molar refractivity (Wildman–Crippen MR) is 92.7 cm³/mol. The van der Waals surface area contributed by atoms with Crippen LogP contribution in [0.25, 0.3) is 0 Å². The van der Waals surface area contributed by atoms with Gasteiger partial charge in [-0.05, 0) is 41.9 Å². The molecule has 0 aliphatic heterocycles. The van der Waals surface area contributed by atoms with Gasteiger partial charge in [-0.3, -0.25) is 0 Å².